The van der Waals surface area contributed by atoms with Crippen molar-refractivity contribution in [1.29, 1.82) is 0 Å². The molecule has 0 bridgehead atoms. The molecular formula is C16H16BrNO4S. The average Bonchev–Trinajstić information content (AvgIpc) is 2.91. The van der Waals surface area contributed by atoms with E-state index in [0.717, 1.165) is 10.0 Å². The predicted octanol–water partition coefficient (Wildman–Crippen LogP) is 2.41. The molecule has 2 aromatic rings. The molecule has 2 heterocycles. The van der Waals surface area contributed by atoms with Gasteiger partial charge in [-0.25, -0.2) is 8.42 Å². The number of benzene rings is 1. The fourth-order valence-electron chi connectivity index (χ4n) is 2.47. The minimum absolute atomic E-state index is 0.0447. The molecule has 1 aromatic heterocycles. The standard InChI is InChI=1S/C16H16BrNO4S/c17-13-5-3-12(4-6-13)8-16(19)18-9-15(10-18)23(20,21)11-14-2-1-7-22-14/h1-7,15H,8-11H2. The molecular weight excluding hydrogens is 382 g/mol. The van der Waals surface area contributed by atoms with Gasteiger partial charge in [0.05, 0.1) is 17.9 Å². The quantitative estimate of drug-likeness (QED) is 0.776. The van der Waals surface area contributed by atoms with Crippen LogP contribution in [0.15, 0.2) is 51.6 Å². The molecule has 122 valence electrons. The van der Waals surface area contributed by atoms with Crippen LogP contribution in [0.25, 0.3) is 0 Å². The zero-order valence-corrected chi connectivity index (χ0v) is 14.7. The van der Waals surface area contributed by atoms with Crippen LogP contribution in [0.5, 0.6) is 0 Å². The molecule has 7 heteroatoms. The Kier molecular flexibility index (Phi) is 4.59. The summed E-state index contributed by atoms with van der Waals surface area (Å²) in [5.41, 5.74) is 0.917. The van der Waals surface area contributed by atoms with E-state index in [1.807, 2.05) is 24.3 Å². The van der Waals surface area contributed by atoms with Crippen molar-refractivity contribution in [2.75, 3.05) is 13.1 Å². The van der Waals surface area contributed by atoms with E-state index >= 15 is 0 Å². The van der Waals surface area contributed by atoms with Crippen LogP contribution in [-0.4, -0.2) is 37.6 Å². The van der Waals surface area contributed by atoms with Crippen molar-refractivity contribution in [3.05, 3.63) is 58.5 Å². The lowest BCUT2D eigenvalue weighted by Crippen LogP contribution is -2.57. The number of carbonyl (C=O) groups is 1. The summed E-state index contributed by atoms with van der Waals surface area (Å²) in [7, 11) is -3.29. The highest BCUT2D eigenvalue weighted by molar-refractivity contribution is 9.10. The second-order valence-electron chi connectivity index (χ2n) is 5.61. The van der Waals surface area contributed by atoms with Gasteiger partial charge in [0.25, 0.3) is 0 Å². The van der Waals surface area contributed by atoms with Crippen molar-refractivity contribution in [2.45, 2.75) is 17.4 Å². The third-order valence-corrected chi connectivity index (χ3v) is 6.43. The summed E-state index contributed by atoms with van der Waals surface area (Å²) in [4.78, 5) is 13.8. The Morgan fingerprint density at radius 2 is 1.91 bits per heavy atom. The lowest BCUT2D eigenvalue weighted by atomic mass is 10.1. The van der Waals surface area contributed by atoms with Crippen molar-refractivity contribution in [3.8, 4) is 0 Å². The average molecular weight is 398 g/mol. The number of carbonyl (C=O) groups excluding carboxylic acids is 1. The number of sulfone groups is 1. The second-order valence-corrected chi connectivity index (χ2v) is 8.81. The lowest BCUT2D eigenvalue weighted by Gasteiger charge is -2.38. The van der Waals surface area contributed by atoms with Crippen LogP contribution < -0.4 is 0 Å². The first kappa shape index (κ1) is 16.3. The van der Waals surface area contributed by atoms with Gasteiger partial charge in [0.2, 0.25) is 5.91 Å². The molecule has 0 atom stereocenters. The van der Waals surface area contributed by atoms with Gasteiger partial charge < -0.3 is 9.32 Å². The molecule has 23 heavy (non-hydrogen) atoms. The number of amides is 1. The molecule has 0 N–H and O–H groups in total. The fourth-order valence-corrected chi connectivity index (χ4v) is 4.34. The van der Waals surface area contributed by atoms with Gasteiger partial charge in [-0.2, -0.15) is 0 Å². The first-order chi connectivity index (χ1) is 10.9. The third-order valence-electron chi connectivity index (χ3n) is 3.90. The first-order valence-electron chi connectivity index (χ1n) is 7.20. The van der Waals surface area contributed by atoms with E-state index in [2.05, 4.69) is 15.9 Å². The molecule has 1 saturated heterocycles. The largest absolute Gasteiger partial charge is 0.468 e. The number of hydrogen-bond acceptors (Lipinski definition) is 4. The van der Waals surface area contributed by atoms with E-state index in [-0.39, 0.29) is 31.2 Å². The van der Waals surface area contributed by atoms with E-state index < -0.39 is 15.1 Å². The summed E-state index contributed by atoms with van der Waals surface area (Å²) in [6.07, 6.45) is 1.75. The number of hydrogen-bond donors (Lipinski definition) is 0. The van der Waals surface area contributed by atoms with Crippen LogP contribution in [0.4, 0.5) is 0 Å². The van der Waals surface area contributed by atoms with Crippen molar-refractivity contribution in [3.63, 3.8) is 0 Å². The Morgan fingerprint density at radius 3 is 2.52 bits per heavy atom. The number of likely N-dealkylation sites (tertiary alicyclic amines) is 1. The monoisotopic (exact) mass is 397 g/mol. The molecule has 1 aromatic carbocycles. The predicted molar refractivity (Wildman–Crippen MR) is 89.5 cm³/mol. The van der Waals surface area contributed by atoms with Gasteiger partial charge >= 0.3 is 0 Å². The van der Waals surface area contributed by atoms with Crippen LogP contribution in [0.3, 0.4) is 0 Å². The van der Waals surface area contributed by atoms with Crippen molar-refractivity contribution in [1.82, 2.24) is 4.90 Å². The normalized spacial score (nSPS) is 15.4. The molecule has 5 nitrogen and oxygen atoms in total. The number of furan rings is 1. The van der Waals surface area contributed by atoms with E-state index in [1.54, 1.807) is 17.0 Å². The maximum absolute atomic E-state index is 12.2. The Bertz CT molecular complexity index is 778. The summed E-state index contributed by atoms with van der Waals surface area (Å²) >= 11 is 3.35. The van der Waals surface area contributed by atoms with E-state index in [9.17, 15) is 13.2 Å². The summed E-state index contributed by atoms with van der Waals surface area (Å²) in [6, 6.07) is 10.8. The molecule has 1 amide bonds. The summed E-state index contributed by atoms with van der Waals surface area (Å²) < 4.78 is 30.5. The Hall–Kier alpha value is -1.60. The SMILES string of the molecule is O=C(Cc1ccc(Br)cc1)N1CC(S(=O)(=O)Cc2ccco2)C1. The molecule has 1 fully saturated rings. The maximum Gasteiger partial charge on any atom is 0.227 e. The third kappa shape index (κ3) is 3.84. The van der Waals surface area contributed by atoms with Crippen LogP contribution >= 0.6 is 15.9 Å². The maximum atomic E-state index is 12.2. The Labute approximate surface area is 143 Å². The molecule has 3 rings (SSSR count). The molecule has 0 saturated carbocycles. The highest BCUT2D eigenvalue weighted by atomic mass is 79.9. The highest BCUT2D eigenvalue weighted by Gasteiger charge is 2.39. The van der Waals surface area contributed by atoms with Gasteiger partial charge in [-0.05, 0) is 29.8 Å². The van der Waals surface area contributed by atoms with Gasteiger partial charge in [0.1, 0.15) is 11.5 Å². The molecule has 0 unspecified atom stereocenters. The highest BCUT2D eigenvalue weighted by Crippen LogP contribution is 2.22. The molecule has 1 aliphatic rings. The number of nitrogens with zero attached hydrogens (tertiary/aromatic N) is 1. The van der Waals surface area contributed by atoms with Gasteiger partial charge in [0.15, 0.2) is 9.84 Å². The minimum Gasteiger partial charge on any atom is -0.468 e. The first-order valence-corrected chi connectivity index (χ1v) is 9.71. The van der Waals surface area contributed by atoms with Crippen molar-refractivity contribution < 1.29 is 17.6 Å². The summed E-state index contributed by atoms with van der Waals surface area (Å²) in [5.74, 6) is 0.278. The van der Waals surface area contributed by atoms with Crippen LogP contribution in [0.2, 0.25) is 0 Å². The second kappa shape index (κ2) is 6.49. The van der Waals surface area contributed by atoms with Gasteiger partial charge in [-0.15, -0.1) is 0 Å². The fraction of sp³-hybridized carbons (Fsp3) is 0.312. The summed E-state index contributed by atoms with van der Waals surface area (Å²) in [6.45, 7) is 0.525. The van der Waals surface area contributed by atoms with Crippen molar-refractivity contribution >= 4 is 31.7 Å². The van der Waals surface area contributed by atoms with Crippen LogP contribution in [0.1, 0.15) is 11.3 Å². The lowest BCUT2D eigenvalue weighted by molar-refractivity contribution is -0.133. The van der Waals surface area contributed by atoms with E-state index in [4.69, 9.17) is 4.42 Å². The van der Waals surface area contributed by atoms with Crippen molar-refractivity contribution in [2.24, 2.45) is 0 Å². The molecule has 0 radical (unpaired) electrons. The van der Waals surface area contributed by atoms with Crippen LogP contribution in [-0.2, 0) is 26.8 Å². The zero-order valence-electron chi connectivity index (χ0n) is 12.3. The Balaban J connectivity index is 1.53. The number of halogens is 1. The van der Waals surface area contributed by atoms with Gasteiger partial charge in [-0.1, -0.05) is 28.1 Å². The molecule has 0 aliphatic carbocycles. The van der Waals surface area contributed by atoms with E-state index in [0.29, 0.717) is 5.76 Å². The molecule has 1 aliphatic heterocycles. The van der Waals surface area contributed by atoms with E-state index in [1.165, 1.54) is 6.26 Å². The number of rotatable bonds is 5. The van der Waals surface area contributed by atoms with Crippen LogP contribution in [0, 0.1) is 0 Å². The topological polar surface area (TPSA) is 67.6 Å². The Morgan fingerprint density at radius 1 is 1.22 bits per heavy atom. The van der Waals surface area contributed by atoms with Gasteiger partial charge in [-0.3, -0.25) is 4.79 Å². The summed E-state index contributed by atoms with van der Waals surface area (Å²) in [5, 5.41) is -0.499. The van der Waals surface area contributed by atoms with Gasteiger partial charge in [0, 0.05) is 17.6 Å². The smallest absolute Gasteiger partial charge is 0.227 e. The molecule has 0 spiro atoms. The zero-order chi connectivity index (χ0) is 16.4. The minimum atomic E-state index is -3.29.